The molecule has 0 aromatic rings. The van der Waals surface area contributed by atoms with Gasteiger partial charge in [-0.3, -0.25) is 19.2 Å². The van der Waals surface area contributed by atoms with Gasteiger partial charge in [-0.2, -0.15) is 0 Å². The fourth-order valence-corrected chi connectivity index (χ4v) is 1.16. The maximum absolute atomic E-state index is 10.0. The molecule has 0 rings (SSSR count). The van der Waals surface area contributed by atoms with Crippen LogP contribution in [0.5, 0.6) is 0 Å². The highest BCUT2D eigenvalue weighted by Crippen LogP contribution is 1.98. The van der Waals surface area contributed by atoms with E-state index >= 15 is 0 Å². The maximum Gasteiger partial charge on any atom is 0.304 e. The SMILES string of the molecule is NC(CC(=O)O)CC(=O)O.NC(CCC(=O)O)CC(=O)O. The van der Waals surface area contributed by atoms with Crippen LogP contribution in [-0.4, -0.2) is 56.4 Å². The fourth-order valence-electron chi connectivity index (χ4n) is 1.16. The van der Waals surface area contributed by atoms with E-state index in [1.807, 2.05) is 0 Å². The molecule has 10 heteroatoms. The van der Waals surface area contributed by atoms with Gasteiger partial charge >= 0.3 is 23.9 Å². The Hall–Kier alpha value is -2.20. The molecule has 8 N–H and O–H groups in total. The average molecular weight is 308 g/mol. The number of nitrogens with two attached hydrogens (primary N) is 2. The number of carboxylic acids is 4. The monoisotopic (exact) mass is 308 g/mol. The quantitative estimate of drug-likeness (QED) is 0.304. The summed E-state index contributed by atoms with van der Waals surface area (Å²) in [6, 6.07) is -1.33. The number of rotatable bonds is 9. The van der Waals surface area contributed by atoms with Crippen LogP contribution in [0.25, 0.3) is 0 Å². The van der Waals surface area contributed by atoms with Crippen molar-refractivity contribution in [2.45, 2.75) is 44.2 Å². The molecular formula is C11H20N2O8. The number of hydrogen-bond acceptors (Lipinski definition) is 6. The molecule has 0 fully saturated rings. The van der Waals surface area contributed by atoms with Gasteiger partial charge in [0.15, 0.2) is 0 Å². The average Bonchev–Trinajstić information content (AvgIpc) is 2.23. The molecule has 0 saturated heterocycles. The molecule has 21 heavy (non-hydrogen) atoms. The van der Waals surface area contributed by atoms with Gasteiger partial charge in [-0.15, -0.1) is 0 Å². The molecule has 0 bridgehead atoms. The molecule has 0 saturated carbocycles. The van der Waals surface area contributed by atoms with Gasteiger partial charge in [0.25, 0.3) is 0 Å². The Morgan fingerprint density at radius 3 is 1.29 bits per heavy atom. The highest BCUT2D eigenvalue weighted by atomic mass is 16.4. The minimum atomic E-state index is -1.08. The molecule has 0 heterocycles. The second kappa shape index (κ2) is 11.6. The second-order valence-corrected chi connectivity index (χ2v) is 4.25. The van der Waals surface area contributed by atoms with Crippen LogP contribution >= 0.6 is 0 Å². The third-order valence-electron chi connectivity index (χ3n) is 2.04. The molecule has 0 aliphatic heterocycles. The lowest BCUT2D eigenvalue weighted by molar-refractivity contribution is -0.140. The summed E-state index contributed by atoms with van der Waals surface area (Å²) >= 11 is 0. The zero-order chi connectivity index (χ0) is 17.0. The van der Waals surface area contributed by atoms with Gasteiger partial charge < -0.3 is 31.9 Å². The van der Waals surface area contributed by atoms with Crippen molar-refractivity contribution < 1.29 is 39.6 Å². The molecule has 0 aromatic heterocycles. The Kier molecular flexibility index (Phi) is 11.7. The summed E-state index contributed by atoms with van der Waals surface area (Å²) in [6.45, 7) is 0. The van der Waals surface area contributed by atoms with Crippen LogP contribution in [0.1, 0.15) is 32.1 Å². The molecule has 122 valence electrons. The van der Waals surface area contributed by atoms with E-state index in [4.69, 9.17) is 31.9 Å². The van der Waals surface area contributed by atoms with Crippen LogP contribution in [0.2, 0.25) is 0 Å². The van der Waals surface area contributed by atoms with Crippen molar-refractivity contribution in [3.8, 4) is 0 Å². The van der Waals surface area contributed by atoms with Crippen LogP contribution in [0.3, 0.4) is 0 Å². The number of aliphatic carboxylic acids is 4. The third kappa shape index (κ3) is 20.3. The van der Waals surface area contributed by atoms with Crippen LogP contribution in [0.15, 0.2) is 0 Å². The number of carboxylic acid groups (broad SMARTS) is 4. The van der Waals surface area contributed by atoms with E-state index in [2.05, 4.69) is 0 Å². The van der Waals surface area contributed by atoms with Crippen LogP contribution in [0.4, 0.5) is 0 Å². The van der Waals surface area contributed by atoms with Crippen molar-refractivity contribution in [1.82, 2.24) is 0 Å². The minimum Gasteiger partial charge on any atom is -0.481 e. The zero-order valence-corrected chi connectivity index (χ0v) is 11.3. The van der Waals surface area contributed by atoms with Gasteiger partial charge in [-0.05, 0) is 6.42 Å². The second-order valence-electron chi connectivity index (χ2n) is 4.25. The van der Waals surface area contributed by atoms with E-state index in [0.29, 0.717) is 0 Å². The summed E-state index contributed by atoms with van der Waals surface area (Å²) in [7, 11) is 0. The highest BCUT2D eigenvalue weighted by Gasteiger charge is 2.11. The van der Waals surface area contributed by atoms with E-state index in [1.54, 1.807) is 0 Å². The Bertz CT molecular complexity index is 355. The van der Waals surface area contributed by atoms with Crippen LogP contribution in [0, 0.1) is 0 Å². The van der Waals surface area contributed by atoms with E-state index < -0.39 is 36.0 Å². The molecule has 0 spiro atoms. The smallest absolute Gasteiger partial charge is 0.304 e. The Morgan fingerprint density at radius 1 is 0.667 bits per heavy atom. The minimum absolute atomic E-state index is 0.0750. The molecule has 0 radical (unpaired) electrons. The van der Waals surface area contributed by atoms with Crippen LogP contribution < -0.4 is 11.5 Å². The highest BCUT2D eigenvalue weighted by molar-refractivity contribution is 5.71. The Balaban J connectivity index is 0. The van der Waals surface area contributed by atoms with Gasteiger partial charge in [0.2, 0.25) is 0 Å². The summed E-state index contributed by atoms with van der Waals surface area (Å²) in [5, 5.41) is 32.7. The molecule has 0 amide bonds. The lowest BCUT2D eigenvalue weighted by atomic mass is 10.1. The van der Waals surface area contributed by atoms with Gasteiger partial charge in [0, 0.05) is 18.5 Å². The lowest BCUT2D eigenvalue weighted by Gasteiger charge is -2.04. The lowest BCUT2D eigenvalue weighted by Crippen LogP contribution is -2.26. The van der Waals surface area contributed by atoms with Gasteiger partial charge in [0.05, 0.1) is 19.3 Å². The van der Waals surface area contributed by atoms with E-state index in [-0.39, 0.29) is 32.1 Å². The number of carbonyl (C=O) groups is 4. The zero-order valence-electron chi connectivity index (χ0n) is 11.3. The predicted molar refractivity (Wildman–Crippen MR) is 69.6 cm³/mol. The summed E-state index contributed by atoms with van der Waals surface area (Å²) in [5.74, 6) is -4.10. The van der Waals surface area contributed by atoms with Gasteiger partial charge in [0.1, 0.15) is 0 Å². The summed E-state index contributed by atoms with van der Waals surface area (Å²) in [5.41, 5.74) is 10.4. The van der Waals surface area contributed by atoms with E-state index in [9.17, 15) is 19.2 Å². The largest absolute Gasteiger partial charge is 0.481 e. The molecule has 1 unspecified atom stereocenters. The van der Waals surface area contributed by atoms with Crippen molar-refractivity contribution in [1.29, 1.82) is 0 Å². The topological polar surface area (TPSA) is 201 Å². The molecule has 0 aromatic carbocycles. The molecule has 1 atom stereocenters. The van der Waals surface area contributed by atoms with Crippen molar-refractivity contribution >= 4 is 23.9 Å². The first-order valence-corrected chi connectivity index (χ1v) is 5.92. The Morgan fingerprint density at radius 2 is 1.00 bits per heavy atom. The molecular weight excluding hydrogens is 288 g/mol. The predicted octanol–water partition coefficient (Wildman–Crippen LogP) is -1.08. The third-order valence-corrected chi connectivity index (χ3v) is 2.04. The van der Waals surface area contributed by atoms with E-state index in [0.717, 1.165) is 0 Å². The fraction of sp³-hybridized carbons (Fsp3) is 0.636. The summed E-state index contributed by atoms with van der Waals surface area (Å²) in [6.07, 6.45) is -0.637. The van der Waals surface area contributed by atoms with Crippen molar-refractivity contribution in [2.75, 3.05) is 0 Å². The van der Waals surface area contributed by atoms with Crippen molar-refractivity contribution in [2.24, 2.45) is 11.5 Å². The standard InChI is InChI=1S/C6H11NO4.C5H9NO4/c7-4(3-6(10)11)1-2-5(8)9;6-3(1-4(7)8)2-5(9)10/h4H,1-3,7H2,(H,8,9)(H,10,11);3H,1-2,6H2,(H,7,8)(H,9,10). The summed E-state index contributed by atoms with van der Waals surface area (Å²) in [4.78, 5) is 39.9. The van der Waals surface area contributed by atoms with Gasteiger partial charge in [-0.25, -0.2) is 0 Å². The first-order valence-electron chi connectivity index (χ1n) is 5.92. The first-order chi connectivity index (χ1) is 9.54. The van der Waals surface area contributed by atoms with Crippen molar-refractivity contribution in [3.63, 3.8) is 0 Å². The molecule has 10 nitrogen and oxygen atoms in total. The first kappa shape index (κ1) is 21.1. The van der Waals surface area contributed by atoms with Gasteiger partial charge in [-0.1, -0.05) is 0 Å². The molecule has 0 aliphatic rings. The van der Waals surface area contributed by atoms with Crippen molar-refractivity contribution in [3.05, 3.63) is 0 Å². The van der Waals surface area contributed by atoms with Crippen LogP contribution in [-0.2, 0) is 19.2 Å². The molecule has 0 aliphatic carbocycles. The summed E-state index contributed by atoms with van der Waals surface area (Å²) < 4.78 is 0. The van der Waals surface area contributed by atoms with E-state index in [1.165, 1.54) is 0 Å². The Labute approximate surface area is 120 Å². The normalized spacial score (nSPS) is 11.2. The maximum atomic E-state index is 10.0. The number of hydrogen-bond donors (Lipinski definition) is 6.